The van der Waals surface area contributed by atoms with Crippen LogP contribution in [0.25, 0.3) is 6.08 Å². The summed E-state index contributed by atoms with van der Waals surface area (Å²) in [5.74, 6) is 0. The van der Waals surface area contributed by atoms with Gasteiger partial charge in [0.1, 0.15) is 0 Å². The normalized spacial score (nSPS) is 10.8. The first kappa shape index (κ1) is 8.54. The third-order valence-corrected chi connectivity index (χ3v) is 2.22. The average Bonchev–Trinajstić information content (AvgIpc) is 1.98. The van der Waals surface area contributed by atoms with Crippen LogP contribution in [0.15, 0.2) is 28.7 Å². The molecule has 0 aliphatic rings. The van der Waals surface area contributed by atoms with Gasteiger partial charge in [0.2, 0.25) is 0 Å². The molecule has 0 saturated carbocycles. The van der Waals surface area contributed by atoms with Gasteiger partial charge in [-0.2, -0.15) is 0 Å². The minimum Gasteiger partial charge on any atom is -0.0870 e. The van der Waals surface area contributed by atoms with Gasteiger partial charge in [-0.1, -0.05) is 45.8 Å². The van der Waals surface area contributed by atoms with E-state index in [0.717, 1.165) is 4.47 Å². The molecule has 0 N–H and O–H groups in total. The van der Waals surface area contributed by atoms with Crippen LogP contribution in [0.1, 0.15) is 18.1 Å². The SMILES string of the molecule is CC=Cc1cc(C)ccc1Br. The summed E-state index contributed by atoms with van der Waals surface area (Å²) in [5.41, 5.74) is 2.54. The first-order valence-electron chi connectivity index (χ1n) is 3.63. The van der Waals surface area contributed by atoms with E-state index >= 15 is 0 Å². The third-order valence-electron chi connectivity index (χ3n) is 1.50. The summed E-state index contributed by atoms with van der Waals surface area (Å²) < 4.78 is 1.15. The molecule has 0 fully saturated rings. The Morgan fingerprint density at radius 2 is 2.09 bits per heavy atom. The van der Waals surface area contributed by atoms with Gasteiger partial charge < -0.3 is 0 Å². The van der Waals surface area contributed by atoms with Crippen molar-refractivity contribution in [2.24, 2.45) is 0 Å². The van der Waals surface area contributed by atoms with Gasteiger partial charge in [0.25, 0.3) is 0 Å². The summed E-state index contributed by atoms with van der Waals surface area (Å²) in [5, 5.41) is 0. The molecule has 0 radical (unpaired) electrons. The molecule has 0 saturated heterocycles. The van der Waals surface area contributed by atoms with Crippen LogP contribution >= 0.6 is 15.9 Å². The Morgan fingerprint density at radius 1 is 1.36 bits per heavy atom. The maximum absolute atomic E-state index is 3.48. The highest BCUT2D eigenvalue weighted by molar-refractivity contribution is 9.10. The number of hydrogen-bond acceptors (Lipinski definition) is 0. The molecular weight excluding hydrogens is 200 g/mol. The molecule has 1 aromatic rings. The van der Waals surface area contributed by atoms with Crippen molar-refractivity contribution in [1.82, 2.24) is 0 Å². The van der Waals surface area contributed by atoms with E-state index < -0.39 is 0 Å². The van der Waals surface area contributed by atoms with Crippen molar-refractivity contribution in [3.8, 4) is 0 Å². The van der Waals surface area contributed by atoms with Crippen LogP contribution in [0.4, 0.5) is 0 Å². The number of allylic oxidation sites excluding steroid dienone is 1. The Kier molecular flexibility index (Phi) is 2.89. The summed E-state index contributed by atoms with van der Waals surface area (Å²) in [6.07, 6.45) is 4.14. The quantitative estimate of drug-likeness (QED) is 0.662. The minimum absolute atomic E-state index is 1.15. The van der Waals surface area contributed by atoms with Crippen molar-refractivity contribution in [3.05, 3.63) is 39.9 Å². The Bertz CT molecular complexity index is 274. The summed E-state index contributed by atoms with van der Waals surface area (Å²) >= 11 is 3.48. The molecule has 0 heterocycles. The van der Waals surface area contributed by atoms with Crippen molar-refractivity contribution in [1.29, 1.82) is 0 Å². The fourth-order valence-corrected chi connectivity index (χ4v) is 1.35. The van der Waals surface area contributed by atoms with Gasteiger partial charge in [-0.15, -0.1) is 0 Å². The molecule has 0 aliphatic heterocycles. The summed E-state index contributed by atoms with van der Waals surface area (Å²) in [6, 6.07) is 6.33. The van der Waals surface area contributed by atoms with Crippen molar-refractivity contribution in [3.63, 3.8) is 0 Å². The molecule has 11 heavy (non-hydrogen) atoms. The second-order valence-electron chi connectivity index (χ2n) is 2.52. The predicted octanol–water partition coefficient (Wildman–Crippen LogP) is 3.79. The number of hydrogen-bond donors (Lipinski definition) is 0. The zero-order chi connectivity index (χ0) is 8.27. The molecule has 1 rings (SSSR count). The molecule has 0 unspecified atom stereocenters. The molecule has 0 spiro atoms. The number of aryl methyl sites for hydroxylation is 1. The smallest absolute Gasteiger partial charge is 0.0247 e. The highest BCUT2D eigenvalue weighted by Crippen LogP contribution is 2.19. The van der Waals surface area contributed by atoms with Crippen molar-refractivity contribution in [2.45, 2.75) is 13.8 Å². The van der Waals surface area contributed by atoms with Crippen LogP contribution in [0.5, 0.6) is 0 Å². The highest BCUT2D eigenvalue weighted by atomic mass is 79.9. The summed E-state index contributed by atoms with van der Waals surface area (Å²) in [6.45, 7) is 4.12. The molecular formula is C10H11Br. The summed E-state index contributed by atoms with van der Waals surface area (Å²) in [7, 11) is 0. The van der Waals surface area contributed by atoms with E-state index in [0.29, 0.717) is 0 Å². The lowest BCUT2D eigenvalue weighted by atomic mass is 10.1. The van der Waals surface area contributed by atoms with Crippen LogP contribution in [0.3, 0.4) is 0 Å². The zero-order valence-electron chi connectivity index (χ0n) is 6.76. The summed E-state index contributed by atoms with van der Waals surface area (Å²) in [4.78, 5) is 0. The van der Waals surface area contributed by atoms with E-state index in [1.807, 2.05) is 13.0 Å². The Hall–Kier alpha value is -0.560. The van der Waals surface area contributed by atoms with E-state index in [1.165, 1.54) is 11.1 Å². The first-order chi connectivity index (χ1) is 5.24. The maximum Gasteiger partial charge on any atom is 0.0247 e. The molecule has 0 aliphatic carbocycles. The van der Waals surface area contributed by atoms with Crippen molar-refractivity contribution in [2.75, 3.05) is 0 Å². The molecule has 0 amide bonds. The maximum atomic E-state index is 3.48. The Labute approximate surface area is 76.1 Å². The van der Waals surface area contributed by atoms with E-state index in [2.05, 4.69) is 47.1 Å². The molecule has 0 atom stereocenters. The van der Waals surface area contributed by atoms with E-state index in [9.17, 15) is 0 Å². The van der Waals surface area contributed by atoms with Gasteiger partial charge in [0.15, 0.2) is 0 Å². The average molecular weight is 211 g/mol. The third kappa shape index (κ3) is 2.19. The highest BCUT2D eigenvalue weighted by Gasteiger charge is 1.93. The Morgan fingerprint density at radius 3 is 2.73 bits per heavy atom. The van der Waals surface area contributed by atoms with Crippen molar-refractivity contribution >= 4 is 22.0 Å². The van der Waals surface area contributed by atoms with Gasteiger partial charge in [-0.05, 0) is 25.5 Å². The van der Waals surface area contributed by atoms with Crippen LogP contribution in [0, 0.1) is 6.92 Å². The van der Waals surface area contributed by atoms with E-state index in [1.54, 1.807) is 0 Å². The van der Waals surface area contributed by atoms with Gasteiger partial charge in [0.05, 0.1) is 0 Å². The van der Waals surface area contributed by atoms with Gasteiger partial charge in [-0.25, -0.2) is 0 Å². The van der Waals surface area contributed by atoms with Crippen LogP contribution in [-0.2, 0) is 0 Å². The molecule has 0 bridgehead atoms. The van der Waals surface area contributed by atoms with E-state index in [4.69, 9.17) is 0 Å². The molecule has 1 aromatic carbocycles. The Balaban J connectivity index is 3.12. The van der Waals surface area contributed by atoms with Crippen LogP contribution in [-0.4, -0.2) is 0 Å². The second kappa shape index (κ2) is 3.72. The standard InChI is InChI=1S/C10H11Br/c1-3-4-9-7-8(2)5-6-10(9)11/h3-7H,1-2H3. The molecule has 58 valence electrons. The van der Waals surface area contributed by atoms with Crippen LogP contribution < -0.4 is 0 Å². The largest absolute Gasteiger partial charge is 0.0870 e. The second-order valence-corrected chi connectivity index (χ2v) is 3.38. The lowest BCUT2D eigenvalue weighted by molar-refractivity contribution is 1.44. The van der Waals surface area contributed by atoms with Crippen molar-refractivity contribution < 1.29 is 0 Å². The number of benzene rings is 1. The minimum atomic E-state index is 1.15. The van der Waals surface area contributed by atoms with Gasteiger partial charge in [-0.3, -0.25) is 0 Å². The molecule has 1 heteroatoms. The lowest BCUT2D eigenvalue weighted by Crippen LogP contribution is -1.77. The first-order valence-corrected chi connectivity index (χ1v) is 4.42. The van der Waals surface area contributed by atoms with Gasteiger partial charge >= 0.3 is 0 Å². The number of halogens is 1. The molecule has 0 aromatic heterocycles. The zero-order valence-corrected chi connectivity index (χ0v) is 8.35. The monoisotopic (exact) mass is 210 g/mol. The molecule has 0 nitrogen and oxygen atoms in total. The lowest BCUT2D eigenvalue weighted by Gasteiger charge is -1.98. The van der Waals surface area contributed by atoms with Crippen LogP contribution in [0.2, 0.25) is 0 Å². The predicted molar refractivity (Wildman–Crippen MR) is 53.6 cm³/mol. The fraction of sp³-hybridized carbons (Fsp3) is 0.200. The number of rotatable bonds is 1. The fourth-order valence-electron chi connectivity index (χ4n) is 0.970. The van der Waals surface area contributed by atoms with E-state index in [-0.39, 0.29) is 0 Å². The topological polar surface area (TPSA) is 0 Å². The van der Waals surface area contributed by atoms with Gasteiger partial charge in [0, 0.05) is 4.47 Å².